The van der Waals surface area contributed by atoms with E-state index in [1.807, 2.05) is 0 Å². The van der Waals surface area contributed by atoms with Crippen LogP contribution in [-0.4, -0.2) is 31.9 Å². The quantitative estimate of drug-likeness (QED) is 0.799. The van der Waals surface area contributed by atoms with Crippen LogP contribution in [0.3, 0.4) is 0 Å². The first-order valence-corrected chi connectivity index (χ1v) is 7.49. The van der Waals surface area contributed by atoms with E-state index in [4.69, 9.17) is 9.47 Å². The Balaban J connectivity index is 1.80. The summed E-state index contributed by atoms with van der Waals surface area (Å²) in [6.07, 6.45) is 2.15. The number of hydrogen-bond donors (Lipinski definition) is 1. The van der Waals surface area contributed by atoms with Gasteiger partial charge in [0, 0.05) is 24.2 Å². The molecule has 0 amide bonds. The summed E-state index contributed by atoms with van der Waals surface area (Å²) in [7, 11) is 0. The molecule has 0 radical (unpaired) electrons. The minimum absolute atomic E-state index is 0.0803. The second-order valence-corrected chi connectivity index (χ2v) is 5.84. The molecule has 1 aromatic rings. The molecule has 1 aliphatic heterocycles. The monoisotopic (exact) mass is 349 g/mol. The largest absolute Gasteiger partial charge is 0.486 e. The van der Waals surface area contributed by atoms with E-state index < -0.39 is 11.6 Å². The molecule has 2 rings (SSSR count). The lowest BCUT2D eigenvalue weighted by molar-refractivity contribution is 0.106. The average molecular weight is 350 g/mol. The van der Waals surface area contributed by atoms with E-state index in [0.717, 1.165) is 32.1 Å². The molecule has 1 heterocycles. The van der Waals surface area contributed by atoms with E-state index in [9.17, 15) is 8.78 Å². The van der Waals surface area contributed by atoms with Crippen molar-refractivity contribution in [3.63, 3.8) is 0 Å². The van der Waals surface area contributed by atoms with Gasteiger partial charge < -0.3 is 14.8 Å². The molecule has 20 heavy (non-hydrogen) atoms. The van der Waals surface area contributed by atoms with Crippen LogP contribution in [0.4, 0.5) is 8.78 Å². The SMILES string of the molecule is CC(CNCC1CCCO1)Oc1cc(Br)cc(F)c1F. The van der Waals surface area contributed by atoms with Gasteiger partial charge in [-0.25, -0.2) is 4.39 Å². The summed E-state index contributed by atoms with van der Waals surface area (Å²) in [5.41, 5.74) is 0. The minimum atomic E-state index is -0.959. The van der Waals surface area contributed by atoms with Gasteiger partial charge in [-0.3, -0.25) is 0 Å². The minimum Gasteiger partial charge on any atom is -0.486 e. The highest BCUT2D eigenvalue weighted by molar-refractivity contribution is 9.10. The lowest BCUT2D eigenvalue weighted by Gasteiger charge is -2.17. The summed E-state index contributed by atoms with van der Waals surface area (Å²) >= 11 is 3.12. The van der Waals surface area contributed by atoms with E-state index in [-0.39, 0.29) is 18.0 Å². The van der Waals surface area contributed by atoms with Gasteiger partial charge in [0.1, 0.15) is 6.10 Å². The molecule has 0 bridgehead atoms. The second-order valence-electron chi connectivity index (χ2n) is 4.92. The van der Waals surface area contributed by atoms with Crippen LogP contribution in [0.2, 0.25) is 0 Å². The Morgan fingerprint density at radius 3 is 3.00 bits per heavy atom. The predicted molar refractivity (Wildman–Crippen MR) is 76.0 cm³/mol. The van der Waals surface area contributed by atoms with Crippen molar-refractivity contribution >= 4 is 15.9 Å². The van der Waals surface area contributed by atoms with Crippen LogP contribution in [-0.2, 0) is 4.74 Å². The number of ether oxygens (including phenoxy) is 2. The zero-order valence-electron chi connectivity index (χ0n) is 11.3. The van der Waals surface area contributed by atoms with E-state index >= 15 is 0 Å². The maximum absolute atomic E-state index is 13.5. The highest BCUT2D eigenvalue weighted by atomic mass is 79.9. The molecular weight excluding hydrogens is 332 g/mol. The second kappa shape index (κ2) is 7.33. The van der Waals surface area contributed by atoms with Gasteiger partial charge in [0.25, 0.3) is 0 Å². The Labute approximate surface area is 125 Å². The topological polar surface area (TPSA) is 30.5 Å². The third-order valence-corrected chi connectivity index (χ3v) is 3.57. The smallest absolute Gasteiger partial charge is 0.200 e. The molecule has 2 unspecified atom stereocenters. The Bertz CT molecular complexity index is 453. The average Bonchev–Trinajstić information content (AvgIpc) is 2.88. The van der Waals surface area contributed by atoms with Crippen LogP contribution in [0.25, 0.3) is 0 Å². The normalized spacial score (nSPS) is 20.1. The first-order valence-electron chi connectivity index (χ1n) is 6.70. The van der Waals surface area contributed by atoms with Gasteiger partial charge in [0.05, 0.1) is 6.10 Å². The van der Waals surface area contributed by atoms with Crippen molar-refractivity contribution in [2.75, 3.05) is 19.7 Å². The molecule has 1 aromatic carbocycles. The molecule has 6 heteroatoms. The highest BCUT2D eigenvalue weighted by Gasteiger charge is 2.17. The number of nitrogens with one attached hydrogen (secondary N) is 1. The Morgan fingerprint density at radius 1 is 1.50 bits per heavy atom. The molecular formula is C14H18BrF2NO2. The van der Waals surface area contributed by atoms with Crippen molar-refractivity contribution in [2.45, 2.75) is 32.0 Å². The first kappa shape index (κ1) is 15.7. The molecule has 0 saturated carbocycles. The van der Waals surface area contributed by atoms with Crippen LogP contribution < -0.4 is 10.1 Å². The standard InChI is InChI=1S/C14H18BrF2NO2/c1-9(7-18-8-11-3-2-4-19-11)20-13-6-10(15)5-12(16)14(13)17/h5-6,9,11,18H,2-4,7-8H2,1H3. The Kier molecular flexibility index (Phi) is 5.74. The molecule has 0 spiro atoms. The highest BCUT2D eigenvalue weighted by Crippen LogP contribution is 2.26. The van der Waals surface area contributed by atoms with Crippen LogP contribution in [0, 0.1) is 11.6 Å². The summed E-state index contributed by atoms with van der Waals surface area (Å²) < 4.78 is 38.1. The van der Waals surface area contributed by atoms with Crippen molar-refractivity contribution in [3.8, 4) is 5.75 Å². The summed E-state index contributed by atoms with van der Waals surface area (Å²) in [4.78, 5) is 0. The Morgan fingerprint density at radius 2 is 2.30 bits per heavy atom. The zero-order chi connectivity index (χ0) is 14.5. The van der Waals surface area contributed by atoms with E-state index in [1.54, 1.807) is 6.92 Å². The van der Waals surface area contributed by atoms with Gasteiger partial charge in [-0.05, 0) is 31.9 Å². The van der Waals surface area contributed by atoms with Crippen LogP contribution in [0.15, 0.2) is 16.6 Å². The van der Waals surface area contributed by atoms with Gasteiger partial charge >= 0.3 is 0 Å². The molecule has 0 aliphatic carbocycles. The van der Waals surface area contributed by atoms with Crippen LogP contribution >= 0.6 is 15.9 Å². The summed E-state index contributed by atoms with van der Waals surface area (Å²) in [6, 6.07) is 2.50. The van der Waals surface area contributed by atoms with E-state index in [2.05, 4.69) is 21.2 Å². The fourth-order valence-corrected chi connectivity index (χ4v) is 2.54. The molecule has 1 aliphatic rings. The van der Waals surface area contributed by atoms with Crippen molar-refractivity contribution in [1.29, 1.82) is 0 Å². The zero-order valence-corrected chi connectivity index (χ0v) is 12.9. The fourth-order valence-electron chi connectivity index (χ4n) is 2.13. The predicted octanol–water partition coefficient (Wildman–Crippen LogP) is 3.26. The third-order valence-electron chi connectivity index (χ3n) is 3.12. The van der Waals surface area contributed by atoms with Crippen molar-refractivity contribution in [1.82, 2.24) is 5.32 Å². The maximum atomic E-state index is 13.5. The van der Waals surface area contributed by atoms with E-state index in [1.165, 1.54) is 6.07 Å². The van der Waals surface area contributed by atoms with Crippen LogP contribution in [0.1, 0.15) is 19.8 Å². The molecule has 3 nitrogen and oxygen atoms in total. The molecule has 1 N–H and O–H groups in total. The molecule has 0 aromatic heterocycles. The molecule has 1 saturated heterocycles. The number of rotatable bonds is 6. The van der Waals surface area contributed by atoms with Crippen molar-refractivity contribution < 1.29 is 18.3 Å². The fraction of sp³-hybridized carbons (Fsp3) is 0.571. The van der Waals surface area contributed by atoms with Crippen molar-refractivity contribution in [2.24, 2.45) is 0 Å². The molecule has 1 fully saturated rings. The van der Waals surface area contributed by atoms with Crippen LogP contribution in [0.5, 0.6) is 5.75 Å². The number of halogens is 3. The Hall–Kier alpha value is -0.720. The number of benzene rings is 1. The number of hydrogen-bond acceptors (Lipinski definition) is 3. The van der Waals surface area contributed by atoms with Gasteiger partial charge in [-0.1, -0.05) is 15.9 Å². The van der Waals surface area contributed by atoms with Crippen molar-refractivity contribution in [3.05, 3.63) is 28.2 Å². The lowest BCUT2D eigenvalue weighted by Crippen LogP contribution is -2.34. The third kappa shape index (κ3) is 4.40. The summed E-state index contributed by atoms with van der Waals surface area (Å²) in [6.45, 7) is 3.93. The molecule has 112 valence electrons. The summed E-state index contributed by atoms with van der Waals surface area (Å²) in [5.74, 6) is -1.96. The lowest BCUT2D eigenvalue weighted by atomic mass is 10.2. The molecule has 2 atom stereocenters. The maximum Gasteiger partial charge on any atom is 0.200 e. The van der Waals surface area contributed by atoms with Gasteiger partial charge in [0.15, 0.2) is 11.6 Å². The van der Waals surface area contributed by atoms with Gasteiger partial charge in [-0.2, -0.15) is 4.39 Å². The van der Waals surface area contributed by atoms with Gasteiger partial charge in [-0.15, -0.1) is 0 Å². The summed E-state index contributed by atoms with van der Waals surface area (Å²) in [5, 5.41) is 3.22. The van der Waals surface area contributed by atoms with E-state index in [0.29, 0.717) is 11.0 Å². The first-order chi connectivity index (χ1) is 9.56. The van der Waals surface area contributed by atoms with Gasteiger partial charge in [0.2, 0.25) is 5.82 Å².